The van der Waals surface area contributed by atoms with Crippen LogP contribution in [-0.4, -0.2) is 54.6 Å². The van der Waals surface area contributed by atoms with Crippen molar-refractivity contribution in [2.75, 3.05) is 11.9 Å². The average molecular weight is 1710 g/mol. The Hall–Kier alpha value is -11.1. The van der Waals surface area contributed by atoms with E-state index in [0.717, 1.165) is 74.7 Å². The van der Waals surface area contributed by atoms with Crippen molar-refractivity contribution in [1.29, 1.82) is 0 Å². The summed E-state index contributed by atoms with van der Waals surface area (Å²) in [5.41, 5.74) is 24.2. The summed E-state index contributed by atoms with van der Waals surface area (Å²) in [7, 11) is 2.13. The molecule has 11 aromatic carbocycles. The molecule has 0 spiro atoms. The van der Waals surface area contributed by atoms with Crippen LogP contribution in [0.3, 0.4) is 0 Å². The molecule has 18 rings (SSSR count). The van der Waals surface area contributed by atoms with Gasteiger partial charge >= 0.3 is 20.1 Å². The molecular formula is C87H72F2Ir2N9O3. The maximum Gasteiger partial charge on any atom is 3.00 e. The van der Waals surface area contributed by atoms with Crippen molar-refractivity contribution in [3.63, 3.8) is 0 Å². The van der Waals surface area contributed by atoms with Crippen LogP contribution in [0.4, 0.5) is 14.5 Å². The number of carbonyl (C=O) groups is 1. The number of anilines is 1. The number of fused-ring (bicyclic) bond motifs is 12. The third-order valence-corrected chi connectivity index (χ3v) is 17.7. The molecule has 0 aliphatic carbocycles. The summed E-state index contributed by atoms with van der Waals surface area (Å²) in [5.74, 6) is -1.36. The fraction of sp³-hybridized carbons (Fsp3) is 0.126. The van der Waals surface area contributed by atoms with Crippen LogP contribution in [-0.2, 0) is 58.0 Å². The van der Waals surface area contributed by atoms with E-state index in [4.69, 9.17) is 30.7 Å². The molecule has 3 aliphatic heterocycles. The molecule has 0 saturated heterocycles. The van der Waals surface area contributed by atoms with Crippen molar-refractivity contribution in [2.45, 2.75) is 66.7 Å². The largest absolute Gasteiger partial charge is 3.00 e. The van der Waals surface area contributed by atoms with Crippen LogP contribution in [0, 0.1) is 23.8 Å². The van der Waals surface area contributed by atoms with Gasteiger partial charge in [-0.3, -0.25) is 18.6 Å². The van der Waals surface area contributed by atoms with Gasteiger partial charge in [-0.1, -0.05) is 189 Å². The number of furan rings is 1. The van der Waals surface area contributed by atoms with Crippen molar-refractivity contribution >= 4 is 93.4 Å². The molecule has 1 radical (unpaired) electrons. The Morgan fingerprint density at radius 1 is 0.689 bits per heavy atom. The van der Waals surface area contributed by atoms with E-state index >= 15 is 0 Å². The Labute approximate surface area is 624 Å². The quantitative estimate of drug-likeness (QED) is 0.0414. The van der Waals surface area contributed by atoms with Crippen LogP contribution in [0.5, 0.6) is 0 Å². The summed E-state index contributed by atoms with van der Waals surface area (Å²) in [6, 6.07) is 83.3. The third kappa shape index (κ3) is 15.7. The van der Waals surface area contributed by atoms with E-state index in [1.807, 2.05) is 72.8 Å². The number of hydrogen-bond acceptors (Lipinski definition) is 8. The van der Waals surface area contributed by atoms with E-state index in [1.54, 1.807) is 13.1 Å². The summed E-state index contributed by atoms with van der Waals surface area (Å²) in [6.07, 6.45) is 9.90. The molecule has 103 heavy (non-hydrogen) atoms. The second-order valence-electron chi connectivity index (χ2n) is 25.3. The number of nitrogens with zero attached hydrogens (tertiary/aromatic N) is 8. The number of halogens is 2. The minimum atomic E-state index is -0.654. The average Bonchev–Trinajstić information content (AvgIpc) is 1.57. The first-order valence-corrected chi connectivity index (χ1v) is 33.4. The van der Waals surface area contributed by atoms with Gasteiger partial charge < -0.3 is 35.5 Å². The van der Waals surface area contributed by atoms with E-state index in [0.29, 0.717) is 23.6 Å². The number of benzene rings is 11. The minimum Gasteiger partial charge on any atom is -0.808 e. The van der Waals surface area contributed by atoms with Crippen LogP contribution in [0.25, 0.3) is 132 Å². The molecule has 515 valence electrons. The number of allylic oxidation sites excluding steroid dienone is 4. The molecule has 0 saturated carbocycles. The second-order valence-corrected chi connectivity index (χ2v) is 25.3. The van der Waals surface area contributed by atoms with Gasteiger partial charge in [0, 0.05) is 107 Å². The number of hydrogen-bond donors (Lipinski definition) is 1. The Morgan fingerprint density at radius 3 is 2.04 bits per heavy atom. The van der Waals surface area contributed by atoms with Gasteiger partial charge in [-0.25, -0.2) is 0 Å². The second kappa shape index (κ2) is 32.2. The van der Waals surface area contributed by atoms with Crippen molar-refractivity contribution in [1.82, 2.24) is 24.8 Å². The molecule has 2 N–H and O–H groups in total. The zero-order chi connectivity index (χ0) is 70.4. The Bertz CT molecular complexity index is 5680. The van der Waals surface area contributed by atoms with E-state index in [9.17, 15) is 13.6 Å². The number of aromatic nitrogens is 5. The number of nitrogens with one attached hydrogen (secondary N) is 1. The van der Waals surface area contributed by atoms with Crippen LogP contribution in [0.2, 0.25) is 0 Å². The van der Waals surface area contributed by atoms with Gasteiger partial charge in [0.1, 0.15) is 24.3 Å². The predicted octanol–water partition coefficient (Wildman–Crippen LogP) is 21.3. The van der Waals surface area contributed by atoms with Gasteiger partial charge in [0.05, 0.1) is 17.0 Å². The molecule has 12 nitrogen and oxygen atoms in total. The van der Waals surface area contributed by atoms with Crippen molar-refractivity contribution in [3.05, 3.63) is 319 Å². The first kappa shape index (κ1) is 73.1. The number of pyridine rings is 2. The number of aliphatic hydroxyl groups is 1. The van der Waals surface area contributed by atoms with Crippen molar-refractivity contribution in [3.8, 4) is 44.8 Å². The zero-order valence-corrected chi connectivity index (χ0v) is 62.4. The van der Waals surface area contributed by atoms with Gasteiger partial charge in [-0.2, -0.15) is 11.4 Å². The first-order valence-electron chi connectivity index (χ1n) is 33.4. The van der Waals surface area contributed by atoms with E-state index in [2.05, 4.69) is 215 Å². The van der Waals surface area contributed by atoms with Crippen LogP contribution in [0.15, 0.2) is 277 Å². The summed E-state index contributed by atoms with van der Waals surface area (Å²) in [5, 5.41) is 32.4. The van der Waals surface area contributed by atoms with Crippen LogP contribution >= 0.6 is 0 Å². The van der Waals surface area contributed by atoms with E-state index in [-0.39, 0.29) is 63.0 Å². The Kier molecular flexibility index (Phi) is 22.9. The number of rotatable bonds is 7. The van der Waals surface area contributed by atoms with E-state index in [1.165, 1.54) is 110 Å². The fourth-order valence-electron chi connectivity index (χ4n) is 13.4. The predicted molar refractivity (Wildman–Crippen MR) is 407 cm³/mol. The Morgan fingerprint density at radius 2 is 1.37 bits per heavy atom. The maximum atomic E-state index is 13.8. The van der Waals surface area contributed by atoms with Crippen LogP contribution in [0.1, 0.15) is 58.7 Å². The minimum absolute atomic E-state index is 0. The zero-order valence-electron chi connectivity index (χ0n) is 57.7. The standard InChI is InChI=1S/C27H18N.C18H16N3.C17H14N2O.C15H8F2N.C5H8N2.C5H8O2.2Ir/c1-4-10-20(11-5-1)23-16-17-26-25(18-23)24(21-12-6-2-7-13-21)19-27(28-26)22-14-8-3-9-15-22;1-11(2)21-19-17-15-8-4-3-7-13(15)14-9-5-6-12-10-20(21)18(17)16(12)14;1-18-8-9-19-15(18)10-11-6-7-13-12-4-2-3-5-14(12)20-17(13)16(11)19;16-11-5-6-13(14(17)9-11)15-12-4-2-1-3-10(12)7-8-18-15;2*1-4(6)3-5(2)7;;/h1-14,16-19H;3-9,11H,10H2,1-2H3;2-9,15H,10H2,1H3;1-5,7-9H;2*3,6H,1-2H3;;/q-1;+1;;-1;-2;;;+3. The molecule has 1 atom stereocenters. The van der Waals surface area contributed by atoms with Gasteiger partial charge in [0.2, 0.25) is 5.52 Å². The number of carbonyl (C=O) groups excluding carboxylic acids is 1. The third-order valence-electron chi connectivity index (χ3n) is 17.7. The number of para-hydroxylation sites is 1. The Balaban J connectivity index is 0.000000130. The summed E-state index contributed by atoms with van der Waals surface area (Å²) in [6.45, 7) is 11.3. The first-order chi connectivity index (χ1) is 49.0. The number of aliphatic hydroxyl groups excluding tert-OH is 1. The summed E-state index contributed by atoms with van der Waals surface area (Å²) < 4.78 is 35.1. The fourth-order valence-corrected chi connectivity index (χ4v) is 13.4. The molecule has 3 aliphatic rings. The van der Waals surface area contributed by atoms with Gasteiger partial charge in [0.25, 0.3) is 5.52 Å². The normalized spacial score (nSPS) is 13.0. The molecular weight excluding hydrogens is 1640 g/mol. The van der Waals surface area contributed by atoms with Gasteiger partial charge in [-0.15, -0.1) is 58.8 Å². The molecule has 16 heteroatoms. The molecule has 15 aromatic rings. The molecule has 0 fully saturated rings. The van der Waals surface area contributed by atoms with E-state index < -0.39 is 11.6 Å². The molecule has 0 bridgehead atoms. The molecule has 1 unspecified atom stereocenters. The van der Waals surface area contributed by atoms with Crippen molar-refractivity contribution in [2.24, 2.45) is 0 Å². The summed E-state index contributed by atoms with van der Waals surface area (Å²) in [4.78, 5) is 25.9. The number of likely N-dealkylation sites (N-methyl/N-ethyl adjacent to an activating group) is 1. The van der Waals surface area contributed by atoms with Crippen LogP contribution < -0.4 is 9.58 Å². The SMILES string of the molecule is CC(=O)C=C(C)O.CC(=[N-])C=C(C)[NH-].CC(C)n1nc2c3ccccc3c3cccc4c3c2[n+]1C4.CN1C=CN2c3c(ccc4c3oc3ccccc34)CC12.Fc1c[c-]c(-c2nccc3ccccc23)c(F)c1.[Ir+3].[Ir].[c-]1ccccc1-c1cc(-c2ccccc2)c2cc(-c3ccccc3)ccc2n1. The number of ketones is 1. The summed E-state index contributed by atoms with van der Waals surface area (Å²) >= 11 is 0. The van der Waals surface area contributed by atoms with Gasteiger partial charge in [0.15, 0.2) is 11.4 Å². The maximum absolute atomic E-state index is 13.8. The van der Waals surface area contributed by atoms with Crippen molar-refractivity contribution < 1.29 is 68.0 Å². The monoisotopic (exact) mass is 1710 g/mol. The topological polar surface area (TPSA) is 150 Å². The molecule has 4 aromatic heterocycles. The van der Waals surface area contributed by atoms with Gasteiger partial charge in [-0.05, 0) is 124 Å². The smallest absolute Gasteiger partial charge is 0.808 e. The molecule has 7 heterocycles. The molecule has 0 amide bonds.